The van der Waals surface area contributed by atoms with Crippen LogP contribution in [0.5, 0.6) is 0 Å². The molecule has 0 radical (unpaired) electrons. The Balaban J connectivity index is 1.54. The average molecular weight is 482 g/mol. The van der Waals surface area contributed by atoms with Gasteiger partial charge in [0.1, 0.15) is 0 Å². The maximum absolute atomic E-state index is 13.5. The third-order valence-corrected chi connectivity index (χ3v) is 7.14. The summed E-state index contributed by atoms with van der Waals surface area (Å²) in [6.07, 6.45) is 0. The molecule has 0 spiro atoms. The van der Waals surface area contributed by atoms with Gasteiger partial charge in [0.2, 0.25) is 0 Å². The van der Waals surface area contributed by atoms with Gasteiger partial charge in [-0.1, -0.05) is 70.7 Å². The van der Waals surface area contributed by atoms with E-state index in [9.17, 15) is 4.79 Å². The van der Waals surface area contributed by atoms with Crippen molar-refractivity contribution in [2.45, 2.75) is 46.5 Å². The predicted molar refractivity (Wildman–Crippen MR) is 153 cm³/mol. The molecule has 0 aliphatic carbocycles. The van der Waals surface area contributed by atoms with Crippen molar-refractivity contribution in [2.24, 2.45) is 0 Å². The van der Waals surface area contributed by atoms with Gasteiger partial charge >= 0.3 is 0 Å². The van der Waals surface area contributed by atoms with E-state index in [1.54, 1.807) is 0 Å². The molecule has 4 heteroatoms. The number of amides is 1. The molecule has 0 atom stereocenters. The molecular weight excluding hydrogens is 442 g/mol. The molecule has 0 aromatic heterocycles. The maximum Gasteiger partial charge on any atom is 0.256 e. The van der Waals surface area contributed by atoms with Crippen LogP contribution in [0.2, 0.25) is 0 Å². The highest BCUT2D eigenvalue weighted by molar-refractivity contribution is 6.09. The molecule has 1 heterocycles. The lowest BCUT2D eigenvalue weighted by molar-refractivity contribution is 0.102. The van der Waals surface area contributed by atoms with Crippen LogP contribution in [-0.4, -0.2) is 37.0 Å². The van der Waals surface area contributed by atoms with Crippen LogP contribution in [0.1, 0.15) is 67.9 Å². The van der Waals surface area contributed by atoms with Gasteiger partial charge < -0.3 is 15.1 Å². The number of piperazine rings is 1. The number of benzene rings is 3. The van der Waals surface area contributed by atoms with E-state index in [1.165, 1.54) is 16.8 Å². The summed E-state index contributed by atoms with van der Waals surface area (Å²) in [6, 6.07) is 22.9. The first-order valence-electron chi connectivity index (χ1n) is 13.0. The summed E-state index contributed by atoms with van der Waals surface area (Å²) in [5.41, 5.74) is 8.41. The molecule has 188 valence electrons. The highest BCUT2D eigenvalue weighted by Crippen LogP contribution is 2.34. The number of carbonyl (C=O) groups excluding carboxylic acids is 1. The summed E-state index contributed by atoms with van der Waals surface area (Å²) in [5, 5.41) is 3.14. The minimum absolute atomic E-state index is 0.0803. The standard InChI is InChI=1S/C32H39N3O/c1-22(2)25-10-12-26(13-11-25)31-29(23(3)4)8-7-9-30(31)32(36)33-27-14-16-28(17-15-27)35-20-18-34(19-21-35)24(5)6/h7-17,22-23H,5,18-21H2,1-4,6H3,(H,33,36). The molecule has 1 aliphatic heterocycles. The van der Waals surface area contributed by atoms with Crippen LogP contribution in [-0.2, 0) is 0 Å². The van der Waals surface area contributed by atoms with Gasteiger partial charge in [-0.15, -0.1) is 0 Å². The van der Waals surface area contributed by atoms with E-state index in [4.69, 9.17) is 0 Å². The molecule has 3 aromatic carbocycles. The highest BCUT2D eigenvalue weighted by Gasteiger charge is 2.20. The summed E-state index contributed by atoms with van der Waals surface area (Å²) in [7, 11) is 0. The van der Waals surface area contributed by atoms with Crippen molar-refractivity contribution >= 4 is 17.3 Å². The molecule has 0 bridgehead atoms. The summed E-state index contributed by atoms with van der Waals surface area (Å²) in [6.45, 7) is 18.8. The molecule has 36 heavy (non-hydrogen) atoms. The number of allylic oxidation sites excluding steroid dienone is 1. The molecule has 1 aliphatic rings. The first-order valence-corrected chi connectivity index (χ1v) is 13.0. The van der Waals surface area contributed by atoms with E-state index in [-0.39, 0.29) is 5.91 Å². The van der Waals surface area contributed by atoms with E-state index in [0.717, 1.165) is 48.7 Å². The molecule has 0 unspecified atom stereocenters. The average Bonchev–Trinajstić information content (AvgIpc) is 2.88. The SMILES string of the molecule is C=C(C)N1CCN(c2ccc(NC(=O)c3cccc(C(C)C)c3-c3ccc(C(C)C)cc3)cc2)CC1. The van der Waals surface area contributed by atoms with Gasteiger partial charge in [-0.05, 0) is 71.3 Å². The zero-order chi connectivity index (χ0) is 25.8. The Morgan fingerprint density at radius 2 is 1.47 bits per heavy atom. The largest absolute Gasteiger partial charge is 0.372 e. The molecular formula is C32H39N3O. The Labute approximate surface area is 216 Å². The fourth-order valence-electron chi connectivity index (χ4n) is 4.90. The summed E-state index contributed by atoms with van der Waals surface area (Å²) < 4.78 is 0. The Morgan fingerprint density at radius 3 is 2.03 bits per heavy atom. The lowest BCUT2D eigenvalue weighted by Gasteiger charge is -2.37. The molecule has 1 amide bonds. The van der Waals surface area contributed by atoms with Crippen LogP contribution in [0.25, 0.3) is 11.1 Å². The molecule has 1 saturated heterocycles. The van der Waals surface area contributed by atoms with Gasteiger partial charge in [0, 0.05) is 48.8 Å². The number of nitrogens with one attached hydrogen (secondary N) is 1. The van der Waals surface area contributed by atoms with Crippen LogP contribution >= 0.6 is 0 Å². The van der Waals surface area contributed by atoms with E-state index in [1.807, 2.05) is 24.3 Å². The Bertz CT molecular complexity index is 1200. The second kappa shape index (κ2) is 11.0. The van der Waals surface area contributed by atoms with Gasteiger partial charge in [0.05, 0.1) is 0 Å². The predicted octanol–water partition coefficient (Wildman–Crippen LogP) is 7.51. The van der Waals surface area contributed by atoms with Gasteiger partial charge in [0.25, 0.3) is 5.91 Å². The number of hydrogen-bond donors (Lipinski definition) is 1. The normalized spacial score (nSPS) is 13.9. The van der Waals surface area contributed by atoms with E-state index in [2.05, 4.69) is 98.8 Å². The maximum atomic E-state index is 13.5. The lowest BCUT2D eigenvalue weighted by Crippen LogP contribution is -2.45. The van der Waals surface area contributed by atoms with Gasteiger partial charge in [-0.3, -0.25) is 4.79 Å². The third-order valence-electron chi connectivity index (χ3n) is 7.14. The number of nitrogens with zero attached hydrogens (tertiary/aromatic N) is 2. The number of hydrogen-bond acceptors (Lipinski definition) is 3. The fraction of sp³-hybridized carbons (Fsp3) is 0.344. The van der Waals surface area contributed by atoms with Crippen molar-refractivity contribution in [3.63, 3.8) is 0 Å². The van der Waals surface area contributed by atoms with Gasteiger partial charge in [-0.2, -0.15) is 0 Å². The first kappa shape index (κ1) is 25.6. The third kappa shape index (κ3) is 5.64. The van der Waals surface area contributed by atoms with Crippen LogP contribution in [0.15, 0.2) is 79.0 Å². The number of carbonyl (C=O) groups is 1. The molecule has 4 rings (SSSR count). The molecule has 4 nitrogen and oxygen atoms in total. The smallest absolute Gasteiger partial charge is 0.256 e. The molecule has 1 N–H and O–H groups in total. The molecule has 3 aromatic rings. The van der Waals surface area contributed by atoms with Crippen LogP contribution in [0.3, 0.4) is 0 Å². The van der Waals surface area contributed by atoms with E-state index >= 15 is 0 Å². The summed E-state index contributed by atoms with van der Waals surface area (Å²) in [5.74, 6) is 0.700. The van der Waals surface area contributed by atoms with Gasteiger partial charge in [0.15, 0.2) is 0 Å². The quantitative estimate of drug-likeness (QED) is 0.379. The van der Waals surface area contributed by atoms with Crippen molar-refractivity contribution in [2.75, 3.05) is 36.4 Å². The van der Waals surface area contributed by atoms with E-state index < -0.39 is 0 Å². The number of rotatable bonds is 7. The Morgan fingerprint density at radius 1 is 0.833 bits per heavy atom. The van der Waals surface area contributed by atoms with Crippen molar-refractivity contribution in [3.05, 3.63) is 95.7 Å². The zero-order valence-electron chi connectivity index (χ0n) is 22.3. The monoisotopic (exact) mass is 481 g/mol. The van der Waals surface area contributed by atoms with Crippen molar-refractivity contribution in [1.29, 1.82) is 0 Å². The van der Waals surface area contributed by atoms with E-state index in [0.29, 0.717) is 17.4 Å². The van der Waals surface area contributed by atoms with Crippen molar-refractivity contribution in [1.82, 2.24) is 4.90 Å². The highest BCUT2D eigenvalue weighted by atomic mass is 16.1. The Hall–Kier alpha value is -3.53. The fourth-order valence-corrected chi connectivity index (χ4v) is 4.90. The molecule has 0 saturated carbocycles. The van der Waals surface area contributed by atoms with Crippen LogP contribution < -0.4 is 10.2 Å². The lowest BCUT2D eigenvalue weighted by atomic mass is 9.87. The zero-order valence-corrected chi connectivity index (χ0v) is 22.3. The second-order valence-electron chi connectivity index (χ2n) is 10.4. The first-order chi connectivity index (χ1) is 17.2. The minimum Gasteiger partial charge on any atom is -0.372 e. The van der Waals surface area contributed by atoms with Gasteiger partial charge in [-0.25, -0.2) is 0 Å². The Kier molecular flexibility index (Phi) is 7.83. The minimum atomic E-state index is -0.0803. The van der Waals surface area contributed by atoms with Crippen LogP contribution in [0, 0.1) is 0 Å². The summed E-state index contributed by atoms with van der Waals surface area (Å²) in [4.78, 5) is 18.2. The second-order valence-corrected chi connectivity index (χ2v) is 10.4. The van der Waals surface area contributed by atoms with Crippen LogP contribution in [0.4, 0.5) is 11.4 Å². The summed E-state index contributed by atoms with van der Waals surface area (Å²) >= 11 is 0. The number of anilines is 2. The van der Waals surface area contributed by atoms with Crippen molar-refractivity contribution in [3.8, 4) is 11.1 Å². The van der Waals surface area contributed by atoms with Crippen molar-refractivity contribution < 1.29 is 4.79 Å². The molecule has 1 fully saturated rings. The topological polar surface area (TPSA) is 35.6 Å².